The van der Waals surface area contributed by atoms with Gasteiger partial charge in [-0.05, 0) is 43.4 Å². The van der Waals surface area contributed by atoms with Gasteiger partial charge in [-0.25, -0.2) is 9.13 Å². The second-order valence-corrected chi connectivity index (χ2v) is 28.8. The Morgan fingerprint density at radius 2 is 0.580 bits per heavy atom. The molecule has 0 saturated heterocycles. The van der Waals surface area contributed by atoms with Crippen LogP contribution in [0.15, 0.2) is 0 Å². The van der Waals surface area contributed by atoms with Gasteiger partial charge in [-0.15, -0.1) is 0 Å². The van der Waals surface area contributed by atoms with E-state index in [-0.39, 0.29) is 25.7 Å². The molecule has 7 atom stereocenters. The Bertz CT molecular complexity index is 1740. The van der Waals surface area contributed by atoms with Crippen molar-refractivity contribution in [2.24, 2.45) is 17.8 Å². The highest BCUT2D eigenvalue weighted by molar-refractivity contribution is 7.47. The predicted molar refractivity (Wildman–Crippen MR) is 354 cm³/mol. The van der Waals surface area contributed by atoms with Crippen molar-refractivity contribution in [3.63, 3.8) is 0 Å². The number of unbranched alkanes of at least 4 members (excludes halogenated alkanes) is 33. The van der Waals surface area contributed by atoms with Crippen LogP contribution < -0.4 is 0 Å². The van der Waals surface area contributed by atoms with Crippen molar-refractivity contribution in [2.45, 2.75) is 362 Å². The molecule has 0 spiro atoms. The van der Waals surface area contributed by atoms with E-state index in [1.807, 2.05) is 0 Å². The molecule has 0 aromatic carbocycles. The fourth-order valence-electron chi connectivity index (χ4n) is 10.3. The molecule has 0 amide bonds. The minimum Gasteiger partial charge on any atom is -0.462 e. The van der Waals surface area contributed by atoms with E-state index in [0.29, 0.717) is 25.7 Å². The van der Waals surface area contributed by atoms with Crippen molar-refractivity contribution in [1.82, 2.24) is 0 Å². The van der Waals surface area contributed by atoms with E-state index < -0.39 is 97.5 Å². The first-order chi connectivity index (χ1) is 42.3. The number of phosphoric ester groups is 2. The lowest BCUT2D eigenvalue weighted by Crippen LogP contribution is -2.30. The maximum atomic E-state index is 13.0. The minimum atomic E-state index is -4.95. The quantitative estimate of drug-likeness (QED) is 0.0222. The van der Waals surface area contributed by atoms with Crippen LogP contribution in [0, 0.1) is 17.8 Å². The van der Waals surface area contributed by atoms with Crippen molar-refractivity contribution in [3.8, 4) is 0 Å². The van der Waals surface area contributed by atoms with Crippen LogP contribution in [0.3, 0.4) is 0 Å². The number of carbonyl (C=O) groups excluding carboxylic acids is 4. The van der Waals surface area contributed by atoms with Crippen molar-refractivity contribution in [3.05, 3.63) is 0 Å². The highest BCUT2D eigenvalue weighted by Crippen LogP contribution is 2.45. The number of phosphoric acid groups is 2. The molecule has 17 nitrogen and oxygen atoms in total. The highest BCUT2D eigenvalue weighted by Gasteiger charge is 2.30. The van der Waals surface area contributed by atoms with Gasteiger partial charge in [0, 0.05) is 25.7 Å². The average Bonchev–Trinajstić information content (AvgIpc) is 3.59. The third-order valence-electron chi connectivity index (χ3n) is 16.6. The molecular formula is C69H134O17P2. The highest BCUT2D eigenvalue weighted by atomic mass is 31.2. The monoisotopic (exact) mass is 1300 g/mol. The summed E-state index contributed by atoms with van der Waals surface area (Å²) in [6.45, 7) is 11.8. The summed E-state index contributed by atoms with van der Waals surface area (Å²) in [6.07, 6.45) is 43.1. The maximum absolute atomic E-state index is 13.0. The fraction of sp³-hybridized carbons (Fsp3) is 0.942. The Balaban J connectivity index is 5.21. The van der Waals surface area contributed by atoms with Crippen LogP contribution in [0.25, 0.3) is 0 Å². The van der Waals surface area contributed by atoms with Crippen LogP contribution in [0.4, 0.5) is 0 Å². The number of aliphatic hydroxyl groups excluding tert-OH is 1. The van der Waals surface area contributed by atoms with Gasteiger partial charge in [0.25, 0.3) is 0 Å². The molecule has 0 rings (SSSR count). The van der Waals surface area contributed by atoms with Crippen LogP contribution in [0.1, 0.15) is 344 Å². The molecule has 0 aromatic heterocycles. The zero-order valence-corrected chi connectivity index (χ0v) is 59.0. The molecule has 0 aliphatic carbocycles. The molecule has 4 unspecified atom stereocenters. The molecular weight excluding hydrogens is 1160 g/mol. The van der Waals surface area contributed by atoms with Crippen molar-refractivity contribution < 1.29 is 80.2 Å². The normalized spacial score (nSPS) is 14.9. The van der Waals surface area contributed by atoms with Gasteiger partial charge in [-0.2, -0.15) is 0 Å². The Labute approximate surface area is 537 Å². The van der Waals surface area contributed by atoms with E-state index in [0.717, 1.165) is 114 Å². The largest absolute Gasteiger partial charge is 0.472 e. The number of aliphatic hydroxyl groups is 1. The van der Waals surface area contributed by atoms with E-state index in [4.69, 9.17) is 37.0 Å². The van der Waals surface area contributed by atoms with Gasteiger partial charge < -0.3 is 33.8 Å². The second kappa shape index (κ2) is 60.0. The molecule has 0 bridgehead atoms. The fourth-order valence-corrected chi connectivity index (χ4v) is 11.9. The lowest BCUT2D eigenvalue weighted by atomic mass is 10.00. The van der Waals surface area contributed by atoms with Crippen LogP contribution in [-0.4, -0.2) is 96.7 Å². The SMILES string of the molecule is CCCCCCCCCCCCC(=O)OC[C@H](COP(=O)(O)OC[C@H](O)COP(=O)(O)OC[C@@H](COC(=O)CCCCCCCCC(C)CC)OC(=O)CCCCCCCCCCCCCCCCCC(C)C)OC(=O)CCCCCCCCC(C)CC. The molecule has 0 aliphatic rings. The van der Waals surface area contributed by atoms with Crippen molar-refractivity contribution in [1.29, 1.82) is 0 Å². The zero-order valence-electron chi connectivity index (χ0n) is 57.2. The Morgan fingerprint density at radius 3 is 0.864 bits per heavy atom. The summed E-state index contributed by atoms with van der Waals surface area (Å²) < 4.78 is 68.2. The minimum absolute atomic E-state index is 0.103. The summed E-state index contributed by atoms with van der Waals surface area (Å²) in [5.41, 5.74) is 0. The van der Waals surface area contributed by atoms with E-state index >= 15 is 0 Å². The predicted octanol–water partition coefficient (Wildman–Crippen LogP) is 19.5. The lowest BCUT2D eigenvalue weighted by molar-refractivity contribution is -0.161. The van der Waals surface area contributed by atoms with E-state index in [1.165, 1.54) is 148 Å². The Morgan fingerprint density at radius 1 is 0.330 bits per heavy atom. The van der Waals surface area contributed by atoms with Gasteiger partial charge in [0.05, 0.1) is 26.4 Å². The number of hydrogen-bond acceptors (Lipinski definition) is 15. The first kappa shape index (κ1) is 86.1. The smallest absolute Gasteiger partial charge is 0.462 e. The van der Waals surface area contributed by atoms with E-state index in [1.54, 1.807) is 0 Å². The van der Waals surface area contributed by atoms with Crippen LogP contribution in [0.2, 0.25) is 0 Å². The van der Waals surface area contributed by atoms with Gasteiger partial charge in [0.2, 0.25) is 0 Å². The molecule has 19 heteroatoms. The molecule has 522 valence electrons. The van der Waals surface area contributed by atoms with Crippen LogP contribution in [0.5, 0.6) is 0 Å². The summed E-state index contributed by atoms with van der Waals surface area (Å²) in [6, 6.07) is 0. The summed E-state index contributed by atoms with van der Waals surface area (Å²) in [4.78, 5) is 72.4. The molecule has 0 aliphatic heterocycles. The number of esters is 4. The molecule has 0 heterocycles. The second-order valence-electron chi connectivity index (χ2n) is 25.9. The van der Waals surface area contributed by atoms with Gasteiger partial charge in [0.15, 0.2) is 12.2 Å². The topological polar surface area (TPSA) is 237 Å². The van der Waals surface area contributed by atoms with Gasteiger partial charge in [-0.1, -0.05) is 292 Å². The Hall–Kier alpha value is -1.94. The summed E-state index contributed by atoms with van der Waals surface area (Å²) >= 11 is 0. The average molecular weight is 1300 g/mol. The number of carbonyl (C=O) groups is 4. The maximum Gasteiger partial charge on any atom is 0.472 e. The third kappa shape index (κ3) is 60.3. The standard InChI is InChI=1S/C69H134O17P2/c1-8-11-12-13-14-15-24-27-36-43-50-66(71)79-56-65(86-69(74)53-46-39-32-30-35-42-49-62(7)10-3)59-84-88(77,78)82-55-63(70)54-81-87(75,76)83-58-64(57-80-67(72)51-44-37-31-29-34-41-48-61(6)9-2)85-68(73)52-45-38-28-25-22-20-18-16-17-19-21-23-26-33-40-47-60(4)5/h60-65,70H,8-59H2,1-7H3,(H,75,76)(H,77,78)/t61?,62?,63-,64-,65-/m1/s1. The summed E-state index contributed by atoms with van der Waals surface area (Å²) in [7, 11) is -9.90. The zero-order chi connectivity index (χ0) is 65.2. The van der Waals surface area contributed by atoms with Crippen molar-refractivity contribution >= 4 is 39.5 Å². The Kier molecular flexibility index (Phi) is 58.7. The molecule has 0 radical (unpaired) electrons. The van der Waals surface area contributed by atoms with Crippen molar-refractivity contribution in [2.75, 3.05) is 39.6 Å². The van der Waals surface area contributed by atoms with E-state index in [2.05, 4.69) is 48.5 Å². The molecule has 88 heavy (non-hydrogen) atoms. The first-order valence-electron chi connectivity index (χ1n) is 35.9. The molecule has 0 aromatic rings. The summed E-state index contributed by atoms with van der Waals surface area (Å²) in [5, 5.41) is 10.6. The van der Waals surface area contributed by atoms with Gasteiger partial charge in [0.1, 0.15) is 19.3 Å². The van der Waals surface area contributed by atoms with Crippen LogP contribution in [-0.2, 0) is 65.4 Å². The van der Waals surface area contributed by atoms with E-state index in [9.17, 15) is 43.2 Å². The van der Waals surface area contributed by atoms with Gasteiger partial charge >= 0.3 is 39.5 Å². The first-order valence-corrected chi connectivity index (χ1v) is 38.9. The van der Waals surface area contributed by atoms with Crippen LogP contribution >= 0.6 is 15.6 Å². The number of ether oxygens (including phenoxy) is 4. The molecule has 3 N–H and O–H groups in total. The number of rotatable bonds is 67. The lowest BCUT2D eigenvalue weighted by Gasteiger charge is -2.21. The van der Waals surface area contributed by atoms with Gasteiger partial charge in [-0.3, -0.25) is 37.3 Å². The molecule has 0 fully saturated rings. The molecule has 0 saturated carbocycles. The number of hydrogen-bond donors (Lipinski definition) is 3. The summed E-state index contributed by atoms with van der Waals surface area (Å²) in [5.74, 6) is 0.122. The third-order valence-corrected chi connectivity index (χ3v) is 18.5.